The lowest BCUT2D eigenvalue weighted by atomic mass is 9.89. The molecular weight excluding hydrogens is 158 g/mol. The van der Waals surface area contributed by atoms with Crippen molar-refractivity contribution in [2.24, 2.45) is 5.92 Å². The van der Waals surface area contributed by atoms with E-state index in [2.05, 4.69) is 18.8 Å². The molecule has 0 radical (unpaired) electrons. The molecule has 0 aromatic heterocycles. The van der Waals surface area contributed by atoms with Crippen molar-refractivity contribution in [2.45, 2.75) is 51.9 Å². The first-order chi connectivity index (χ1) is 6.33. The van der Waals surface area contributed by atoms with E-state index in [4.69, 9.17) is 0 Å². The third-order valence-corrected chi connectivity index (χ3v) is 2.92. The van der Waals surface area contributed by atoms with Crippen LogP contribution in [0.5, 0.6) is 0 Å². The van der Waals surface area contributed by atoms with Crippen LogP contribution in [-0.2, 0) is 0 Å². The lowest BCUT2D eigenvalue weighted by Gasteiger charge is -2.22. The van der Waals surface area contributed by atoms with Crippen LogP contribution in [0.25, 0.3) is 0 Å². The average molecular weight is 181 g/mol. The highest BCUT2D eigenvalue weighted by molar-refractivity contribution is 4.90. The fourth-order valence-electron chi connectivity index (χ4n) is 2.07. The molecule has 0 aromatic carbocycles. The molecular formula is C12H23N. The molecule has 1 N–H and O–H groups in total. The largest absolute Gasteiger partial charge is 0.389 e. The summed E-state index contributed by atoms with van der Waals surface area (Å²) in [5.74, 6) is 0.919. The first-order valence-corrected chi connectivity index (χ1v) is 5.74. The van der Waals surface area contributed by atoms with Crippen molar-refractivity contribution in [3.63, 3.8) is 0 Å². The van der Waals surface area contributed by atoms with Gasteiger partial charge in [0.15, 0.2) is 0 Å². The fourth-order valence-corrected chi connectivity index (χ4v) is 2.07. The van der Waals surface area contributed by atoms with E-state index >= 15 is 0 Å². The zero-order valence-corrected chi connectivity index (χ0v) is 8.94. The summed E-state index contributed by atoms with van der Waals surface area (Å²) >= 11 is 0. The van der Waals surface area contributed by atoms with E-state index in [1.54, 1.807) is 0 Å². The summed E-state index contributed by atoms with van der Waals surface area (Å²) in [4.78, 5) is 0. The van der Waals surface area contributed by atoms with E-state index in [1.165, 1.54) is 50.8 Å². The molecule has 1 heteroatoms. The molecule has 0 aromatic rings. The van der Waals surface area contributed by atoms with Crippen LogP contribution in [-0.4, -0.2) is 6.54 Å². The maximum atomic E-state index is 4.02. The third-order valence-electron chi connectivity index (χ3n) is 2.92. The van der Waals surface area contributed by atoms with Crippen molar-refractivity contribution in [1.82, 2.24) is 5.32 Å². The van der Waals surface area contributed by atoms with E-state index in [-0.39, 0.29) is 0 Å². The highest BCUT2D eigenvalue weighted by Crippen LogP contribution is 2.22. The second-order valence-corrected chi connectivity index (χ2v) is 4.24. The standard InChI is InChI=1S/C12H23N/c1-3-7-11(2)13-10-12-8-5-4-6-9-12/h12-13H,2-10H2,1H3. The smallest absolute Gasteiger partial charge is 0.0172 e. The second-order valence-electron chi connectivity index (χ2n) is 4.24. The molecule has 1 aliphatic carbocycles. The van der Waals surface area contributed by atoms with E-state index in [0.29, 0.717) is 0 Å². The lowest BCUT2D eigenvalue weighted by molar-refractivity contribution is 0.350. The summed E-state index contributed by atoms with van der Waals surface area (Å²) in [6, 6.07) is 0. The van der Waals surface area contributed by atoms with Crippen molar-refractivity contribution in [1.29, 1.82) is 0 Å². The Bertz CT molecular complexity index is 145. The van der Waals surface area contributed by atoms with Crippen molar-refractivity contribution in [2.75, 3.05) is 6.54 Å². The normalized spacial score (nSPS) is 18.5. The maximum Gasteiger partial charge on any atom is 0.0172 e. The molecule has 0 atom stereocenters. The maximum absolute atomic E-state index is 4.02. The Morgan fingerprint density at radius 1 is 1.31 bits per heavy atom. The summed E-state index contributed by atoms with van der Waals surface area (Å²) in [6.07, 6.45) is 9.51. The van der Waals surface area contributed by atoms with Gasteiger partial charge >= 0.3 is 0 Å². The first-order valence-electron chi connectivity index (χ1n) is 5.74. The molecule has 0 unspecified atom stereocenters. The molecule has 13 heavy (non-hydrogen) atoms. The second kappa shape index (κ2) is 6.06. The number of rotatable bonds is 5. The molecule has 0 spiro atoms. The Morgan fingerprint density at radius 3 is 2.62 bits per heavy atom. The quantitative estimate of drug-likeness (QED) is 0.685. The zero-order valence-electron chi connectivity index (χ0n) is 8.94. The number of nitrogens with one attached hydrogen (secondary N) is 1. The first kappa shape index (κ1) is 10.6. The predicted octanol–water partition coefficient (Wildman–Crippen LogP) is 3.47. The van der Waals surface area contributed by atoms with Gasteiger partial charge in [0.05, 0.1) is 0 Å². The van der Waals surface area contributed by atoms with Crippen molar-refractivity contribution in [3.8, 4) is 0 Å². The van der Waals surface area contributed by atoms with Gasteiger partial charge in [0.25, 0.3) is 0 Å². The van der Waals surface area contributed by atoms with Crippen LogP contribution in [0.2, 0.25) is 0 Å². The Balaban J connectivity index is 2.06. The SMILES string of the molecule is C=C(CCC)NCC1CCCCC1. The third kappa shape index (κ3) is 4.35. The van der Waals surface area contributed by atoms with Gasteiger partial charge in [-0.05, 0) is 25.2 Å². The van der Waals surface area contributed by atoms with Gasteiger partial charge in [-0.25, -0.2) is 0 Å². The number of hydrogen-bond donors (Lipinski definition) is 1. The van der Waals surface area contributed by atoms with Gasteiger partial charge in [0, 0.05) is 12.2 Å². The Kier molecular flexibility index (Phi) is 4.95. The van der Waals surface area contributed by atoms with Gasteiger partial charge < -0.3 is 5.32 Å². The van der Waals surface area contributed by atoms with Crippen molar-refractivity contribution < 1.29 is 0 Å². The topological polar surface area (TPSA) is 12.0 Å². The van der Waals surface area contributed by atoms with E-state index < -0.39 is 0 Å². The molecule has 0 saturated heterocycles. The Labute approximate surface area is 82.6 Å². The molecule has 1 aliphatic rings. The fraction of sp³-hybridized carbons (Fsp3) is 0.833. The average Bonchev–Trinajstić information content (AvgIpc) is 2.17. The molecule has 0 heterocycles. The number of allylic oxidation sites excluding steroid dienone is 1. The van der Waals surface area contributed by atoms with Gasteiger partial charge in [-0.3, -0.25) is 0 Å². The minimum Gasteiger partial charge on any atom is -0.389 e. The zero-order chi connectivity index (χ0) is 9.52. The summed E-state index contributed by atoms with van der Waals surface area (Å²) in [5.41, 5.74) is 1.23. The minimum atomic E-state index is 0.919. The minimum absolute atomic E-state index is 0.919. The van der Waals surface area contributed by atoms with Crippen LogP contribution < -0.4 is 5.32 Å². The predicted molar refractivity (Wildman–Crippen MR) is 58.6 cm³/mol. The molecule has 76 valence electrons. The summed E-state index contributed by atoms with van der Waals surface area (Å²) < 4.78 is 0. The van der Waals surface area contributed by atoms with Crippen LogP contribution in [0.15, 0.2) is 12.3 Å². The molecule has 1 saturated carbocycles. The van der Waals surface area contributed by atoms with Gasteiger partial charge in [-0.2, -0.15) is 0 Å². The van der Waals surface area contributed by atoms with Crippen LogP contribution in [0, 0.1) is 5.92 Å². The molecule has 1 fully saturated rings. The van der Waals surface area contributed by atoms with Crippen molar-refractivity contribution >= 4 is 0 Å². The highest BCUT2D eigenvalue weighted by Gasteiger charge is 2.12. The lowest BCUT2D eigenvalue weighted by Crippen LogP contribution is -2.23. The van der Waals surface area contributed by atoms with Crippen LogP contribution in [0.4, 0.5) is 0 Å². The molecule has 0 bridgehead atoms. The van der Waals surface area contributed by atoms with Gasteiger partial charge in [0.2, 0.25) is 0 Å². The number of hydrogen-bond acceptors (Lipinski definition) is 1. The Hall–Kier alpha value is -0.460. The highest BCUT2D eigenvalue weighted by atomic mass is 14.9. The van der Waals surface area contributed by atoms with Crippen molar-refractivity contribution in [3.05, 3.63) is 12.3 Å². The van der Waals surface area contributed by atoms with Crippen LogP contribution in [0.3, 0.4) is 0 Å². The summed E-state index contributed by atoms with van der Waals surface area (Å²) in [5, 5.41) is 3.46. The van der Waals surface area contributed by atoms with E-state index in [0.717, 1.165) is 12.3 Å². The van der Waals surface area contributed by atoms with Gasteiger partial charge in [-0.1, -0.05) is 39.2 Å². The molecule has 1 nitrogen and oxygen atoms in total. The van der Waals surface area contributed by atoms with Gasteiger partial charge in [-0.15, -0.1) is 0 Å². The van der Waals surface area contributed by atoms with E-state index in [1.807, 2.05) is 0 Å². The monoisotopic (exact) mass is 181 g/mol. The van der Waals surface area contributed by atoms with Crippen LogP contribution in [0.1, 0.15) is 51.9 Å². The van der Waals surface area contributed by atoms with E-state index in [9.17, 15) is 0 Å². The van der Waals surface area contributed by atoms with Gasteiger partial charge in [0.1, 0.15) is 0 Å². The summed E-state index contributed by atoms with van der Waals surface area (Å²) in [7, 11) is 0. The molecule has 1 rings (SSSR count). The Morgan fingerprint density at radius 2 is 2.00 bits per heavy atom. The molecule has 0 amide bonds. The molecule has 0 aliphatic heterocycles. The van der Waals surface area contributed by atoms with Crippen LogP contribution >= 0.6 is 0 Å². The summed E-state index contributed by atoms with van der Waals surface area (Å²) in [6.45, 7) is 7.39.